The van der Waals surface area contributed by atoms with Crippen molar-refractivity contribution in [1.29, 1.82) is 0 Å². The lowest BCUT2D eigenvalue weighted by molar-refractivity contribution is -0.0791. The number of hydrogen-bond acceptors (Lipinski definition) is 3. The Hall–Kier alpha value is -1.21. The maximum absolute atomic E-state index is 14.4. The summed E-state index contributed by atoms with van der Waals surface area (Å²) in [6, 6.07) is 0. The van der Waals surface area contributed by atoms with Crippen molar-refractivity contribution in [2.24, 2.45) is 5.92 Å². The van der Waals surface area contributed by atoms with Crippen LogP contribution in [0.25, 0.3) is 0 Å². The number of aromatic amines is 1. The molecule has 20 heavy (non-hydrogen) atoms. The highest BCUT2D eigenvalue weighted by molar-refractivity contribution is 6.18. The molecule has 4 atom stereocenters. The van der Waals surface area contributed by atoms with Gasteiger partial charge in [0, 0.05) is 5.92 Å². The lowest BCUT2D eigenvalue weighted by Gasteiger charge is -2.29. The Balaban J connectivity index is 2.47. The van der Waals surface area contributed by atoms with Gasteiger partial charge in [-0.25, -0.2) is 9.18 Å². The lowest BCUT2D eigenvalue weighted by atomic mass is 9.87. The fourth-order valence-electron chi connectivity index (χ4n) is 2.46. The van der Waals surface area contributed by atoms with Gasteiger partial charge >= 0.3 is 5.69 Å². The van der Waals surface area contributed by atoms with E-state index in [0.717, 1.165) is 4.57 Å². The SMILES string of the molecule is CC[C@@]1(CCl)O[C@@H](n2cc(F)c(=O)[nH]c2=O)[C@@H](F)[C@@H]1C. The van der Waals surface area contributed by atoms with E-state index in [9.17, 15) is 18.4 Å². The van der Waals surface area contributed by atoms with E-state index in [1.807, 2.05) is 0 Å². The molecule has 0 amide bonds. The van der Waals surface area contributed by atoms with Crippen molar-refractivity contribution in [3.63, 3.8) is 0 Å². The van der Waals surface area contributed by atoms with Gasteiger partial charge in [0.05, 0.1) is 17.7 Å². The van der Waals surface area contributed by atoms with E-state index in [-0.39, 0.29) is 5.88 Å². The van der Waals surface area contributed by atoms with Crippen LogP contribution in [0, 0.1) is 11.7 Å². The fourth-order valence-corrected chi connectivity index (χ4v) is 2.96. The highest BCUT2D eigenvalue weighted by Gasteiger charge is 2.52. The third-order valence-corrected chi connectivity index (χ3v) is 4.41. The Morgan fingerprint density at radius 3 is 2.70 bits per heavy atom. The summed E-state index contributed by atoms with van der Waals surface area (Å²) >= 11 is 5.86. The van der Waals surface area contributed by atoms with Crippen LogP contribution in [0.4, 0.5) is 8.78 Å². The summed E-state index contributed by atoms with van der Waals surface area (Å²) in [6.07, 6.45) is -1.72. The summed E-state index contributed by atoms with van der Waals surface area (Å²) < 4.78 is 34.0. The molecule has 8 heteroatoms. The van der Waals surface area contributed by atoms with E-state index >= 15 is 0 Å². The molecule has 0 spiro atoms. The molecule has 0 unspecified atom stereocenters. The van der Waals surface area contributed by atoms with Crippen molar-refractivity contribution >= 4 is 11.6 Å². The van der Waals surface area contributed by atoms with Gasteiger partial charge in [-0.15, -0.1) is 11.6 Å². The molecule has 0 saturated carbocycles. The molecule has 1 N–H and O–H groups in total. The Kier molecular flexibility index (Phi) is 4.02. The standard InChI is InChI=1S/C12H15ClF2N2O3/c1-3-12(5-13)6(2)8(15)10(20-12)17-4-7(14)9(18)16-11(17)19/h4,6,8,10H,3,5H2,1-2H3,(H,16,18,19)/t6-,8-,10+,12-/m0/s1. The first-order valence-electron chi connectivity index (χ1n) is 6.25. The molecule has 1 aliphatic heterocycles. The summed E-state index contributed by atoms with van der Waals surface area (Å²) in [5.41, 5.74) is -2.98. The average Bonchev–Trinajstić information content (AvgIpc) is 2.68. The van der Waals surface area contributed by atoms with E-state index in [1.54, 1.807) is 18.8 Å². The van der Waals surface area contributed by atoms with Crippen LogP contribution in [0.5, 0.6) is 0 Å². The lowest BCUT2D eigenvalue weighted by Crippen LogP contribution is -2.37. The molecular weight excluding hydrogens is 294 g/mol. The number of aromatic nitrogens is 2. The van der Waals surface area contributed by atoms with E-state index in [0.29, 0.717) is 12.6 Å². The number of H-pyrrole nitrogens is 1. The first kappa shape index (κ1) is 15.2. The molecule has 0 radical (unpaired) electrons. The highest BCUT2D eigenvalue weighted by atomic mass is 35.5. The molecule has 0 aliphatic carbocycles. The molecule has 1 saturated heterocycles. The molecule has 1 fully saturated rings. The molecule has 0 aromatic carbocycles. The smallest absolute Gasteiger partial charge is 0.330 e. The minimum absolute atomic E-state index is 0.0577. The average molecular weight is 309 g/mol. The summed E-state index contributed by atoms with van der Waals surface area (Å²) in [4.78, 5) is 24.5. The van der Waals surface area contributed by atoms with E-state index in [4.69, 9.17) is 16.3 Å². The number of ether oxygens (including phenoxy) is 1. The summed E-state index contributed by atoms with van der Waals surface area (Å²) in [7, 11) is 0. The Bertz CT molecular complexity index is 611. The molecular formula is C12H15ClF2N2O3. The molecule has 2 rings (SSSR count). The minimum atomic E-state index is -1.53. The second-order valence-corrected chi connectivity index (χ2v) is 5.20. The Morgan fingerprint density at radius 1 is 1.55 bits per heavy atom. The molecule has 5 nitrogen and oxygen atoms in total. The Labute approximate surface area is 118 Å². The van der Waals surface area contributed by atoms with Gasteiger partial charge in [-0.05, 0) is 6.42 Å². The monoisotopic (exact) mass is 308 g/mol. The van der Waals surface area contributed by atoms with Crippen molar-refractivity contribution in [3.05, 3.63) is 32.9 Å². The minimum Gasteiger partial charge on any atom is -0.347 e. The van der Waals surface area contributed by atoms with E-state index in [1.165, 1.54) is 0 Å². The molecule has 1 aliphatic rings. The number of alkyl halides is 2. The molecule has 1 aromatic rings. The maximum atomic E-state index is 14.4. The largest absolute Gasteiger partial charge is 0.347 e. The van der Waals surface area contributed by atoms with Crippen LogP contribution in [0.2, 0.25) is 0 Å². The summed E-state index contributed by atoms with van der Waals surface area (Å²) in [5, 5.41) is 0. The van der Waals surface area contributed by atoms with Gasteiger partial charge in [0.15, 0.2) is 12.4 Å². The third kappa shape index (κ3) is 2.18. The zero-order valence-corrected chi connectivity index (χ0v) is 11.8. The van der Waals surface area contributed by atoms with Crippen LogP contribution < -0.4 is 11.2 Å². The fraction of sp³-hybridized carbons (Fsp3) is 0.667. The van der Waals surface area contributed by atoms with Crippen LogP contribution in [0.3, 0.4) is 0 Å². The van der Waals surface area contributed by atoms with Gasteiger partial charge in [-0.3, -0.25) is 14.3 Å². The van der Waals surface area contributed by atoms with E-state index < -0.39 is 41.0 Å². The van der Waals surface area contributed by atoms with Crippen molar-refractivity contribution in [2.75, 3.05) is 5.88 Å². The normalized spacial score (nSPS) is 33.5. The van der Waals surface area contributed by atoms with Crippen molar-refractivity contribution in [2.45, 2.75) is 38.3 Å². The van der Waals surface area contributed by atoms with Gasteiger partial charge in [-0.1, -0.05) is 13.8 Å². The van der Waals surface area contributed by atoms with Crippen LogP contribution in [-0.4, -0.2) is 27.2 Å². The topological polar surface area (TPSA) is 64.1 Å². The van der Waals surface area contributed by atoms with Gasteiger partial charge in [0.2, 0.25) is 5.82 Å². The van der Waals surface area contributed by atoms with Gasteiger partial charge in [0.1, 0.15) is 0 Å². The second kappa shape index (κ2) is 5.29. The molecule has 2 heterocycles. The van der Waals surface area contributed by atoms with Gasteiger partial charge in [-0.2, -0.15) is 4.39 Å². The van der Waals surface area contributed by atoms with E-state index in [2.05, 4.69) is 0 Å². The molecule has 1 aromatic heterocycles. The molecule has 112 valence electrons. The van der Waals surface area contributed by atoms with Crippen LogP contribution >= 0.6 is 11.6 Å². The first-order valence-corrected chi connectivity index (χ1v) is 6.78. The second-order valence-electron chi connectivity index (χ2n) is 4.94. The predicted octanol–water partition coefficient (Wildman–Crippen LogP) is 1.57. The number of halogens is 3. The van der Waals surface area contributed by atoms with Crippen molar-refractivity contribution in [1.82, 2.24) is 9.55 Å². The van der Waals surface area contributed by atoms with Crippen LogP contribution in [0.1, 0.15) is 26.5 Å². The van der Waals surface area contributed by atoms with Crippen molar-refractivity contribution < 1.29 is 13.5 Å². The molecule has 0 bridgehead atoms. The summed E-state index contributed by atoms with van der Waals surface area (Å²) in [6.45, 7) is 3.42. The van der Waals surface area contributed by atoms with Crippen LogP contribution in [0.15, 0.2) is 15.8 Å². The Morgan fingerprint density at radius 2 is 2.20 bits per heavy atom. The van der Waals surface area contributed by atoms with Gasteiger partial charge in [0.25, 0.3) is 5.56 Å². The first-order chi connectivity index (χ1) is 9.36. The van der Waals surface area contributed by atoms with Crippen molar-refractivity contribution in [3.8, 4) is 0 Å². The zero-order valence-electron chi connectivity index (χ0n) is 11.0. The van der Waals surface area contributed by atoms with Crippen LogP contribution in [-0.2, 0) is 4.74 Å². The predicted molar refractivity (Wildman–Crippen MR) is 69.2 cm³/mol. The number of nitrogens with one attached hydrogen (secondary N) is 1. The maximum Gasteiger partial charge on any atom is 0.330 e. The number of rotatable bonds is 3. The zero-order chi connectivity index (χ0) is 15.1. The summed E-state index contributed by atoms with van der Waals surface area (Å²) in [5.74, 6) is -1.67. The third-order valence-electron chi connectivity index (χ3n) is 3.96. The number of nitrogens with zero attached hydrogens (tertiary/aromatic N) is 1. The highest BCUT2D eigenvalue weighted by Crippen LogP contribution is 2.45. The quantitative estimate of drug-likeness (QED) is 0.862. The van der Waals surface area contributed by atoms with Gasteiger partial charge < -0.3 is 4.74 Å². The number of hydrogen-bond donors (Lipinski definition) is 1.